The van der Waals surface area contributed by atoms with E-state index in [-0.39, 0.29) is 6.04 Å². The lowest BCUT2D eigenvalue weighted by molar-refractivity contribution is -0.144. The molecule has 0 aliphatic carbocycles. The number of carboxylic acid groups (broad SMARTS) is 1. The maximum Gasteiger partial charge on any atom is 0.320 e. The van der Waals surface area contributed by atoms with Crippen LogP contribution in [0.3, 0.4) is 0 Å². The van der Waals surface area contributed by atoms with E-state index in [0.717, 1.165) is 32.2 Å². The van der Waals surface area contributed by atoms with Crippen LogP contribution in [0.2, 0.25) is 0 Å². The molecule has 1 heterocycles. The van der Waals surface area contributed by atoms with E-state index in [1.165, 1.54) is 38.5 Å². The van der Waals surface area contributed by atoms with Crippen LogP contribution < -0.4 is 0 Å². The van der Waals surface area contributed by atoms with Crippen LogP contribution in [0.5, 0.6) is 0 Å². The average molecular weight is 269 g/mol. The van der Waals surface area contributed by atoms with Gasteiger partial charge in [-0.15, -0.1) is 0 Å². The number of carboxylic acids is 1. The summed E-state index contributed by atoms with van der Waals surface area (Å²) in [6, 6.07) is 0.175. The van der Waals surface area contributed by atoms with Crippen molar-refractivity contribution < 1.29 is 9.90 Å². The molecule has 0 aromatic carbocycles. The minimum atomic E-state index is -0.625. The second-order valence-electron chi connectivity index (χ2n) is 5.99. The van der Waals surface area contributed by atoms with Gasteiger partial charge in [-0.3, -0.25) is 9.69 Å². The van der Waals surface area contributed by atoms with Crippen molar-refractivity contribution in [2.75, 3.05) is 6.54 Å². The molecule has 1 N–H and O–H groups in total. The fraction of sp³-hybridized carbons (Fsp3) is 0.938. The first kappa shape index (κ1) is 16.5. The maximum atomic E-state index is 11.4. The first-order valence-electron chi connectivity index (χ1n) is 8.15. The van der Waals surface area contributed by atoms with Gasteiger partial charge in [-0.25, -0.2) is 0 Å². The van der Waals surface area contributed by atoms with Gasteiger partial charge in [0.25, 0.3) is 0 Å². The normalized spacial score (nSPS) is 22.9. The Bertz CT molecular complexity index is 255. The molecule has 112 valence electrons. The van der Waals surface area contributed by atoms with Crippen LogP contribution >= 0.6 is 0 Å². The van der Waals surface area contributed by atoms with Crippen LogP contribution in [0, 0.1) is 0 Å². The molecule has 0 radical (unpaired) electrons. The Labute approximate surface area is 118 Å². The second kappa shape index (κ2) is 9.35. The van der Waals surface area contributed by atoms with Crippen LogP contribution in [0.1, 0.15) is 78.1 Å². The molecule has 1 rings (SSSR count). The maximum absolute atomic E-state index is 11.4. The quantitative estimate of drug-likeness (QED) is 0.675. The molecule has 0 amide bonds. The van der Waals surface area contributed by atoms with E-state index in [2.05, 4.69) is 18.7 Å². The lowest BCUT2D eigenvalue weighted by Crippen LogP contribution is -2.45. The zero-order valence-corrected chi connectivity index (χ0v) is 12.7. The van der Waals surface area contributed by atoms with Gasteiger partial charge < -0.3 is 5.11 Å². The van der Waals surface area contributed by atoms with Crippen molar-refractivity contribution in [3.63, 3.8) is 0 Å². The zero-order valence-electron chi connectivity index (χ0n) is 12.7. The molecule has 2 atom stereocenters. The molecule has 0 saturated carbocycles. The number of hydrogen-bond donors (Lipinski definition) is 1. The number of likely N-dealkylation sites (tertiary alicyclic amines) is 1. The molecule has 1 aliphatic rings. The third-order valence-electron chi connectivity index (χ3n) is 4.37. The van der Waals surface area contributed by atoms with Gasteiger partial charge in [0.2, 0.25) is 0 Å². The molecule has 0 bridgehead atoms. The highest BCUT2D eigenvalue weighted by molar-refractivity contribution is 5.73. The Kier molecular flexibility index (Phi) is 8.11. The molecule has 1 saturated heterocycles. The summed E-state index contributed by atoms with van der Waals surface area (Å²) in [5.41, 5.74) is 0. The molecule has 0 aromatic heterocycles. The van der Waals surface area contributed by atoms with Crippen molar-refractivity contribution in [2.24, 2.45) is 0 Å². The third kappa shape index (κ3) is 5.94. The highest BCUT2D eigenvalue weighted by atomic mass is 16.4. The van der Waals surface area contributed by atoms with Gasteiger partial charge in [0.15, 0.2) is 0 Å². The largest absolute Gasteiger partial charge is 0.480 e. The Morgan fingerprint density at radius 3 is 2.63 bits per heavy atom. The number of nitrogens with zero attached hydrogens (tertiary/aromatic N) is 1. The monoisotopic (exact) mass is 269 g/mol. The molecule has 2 unspecified atom stereocenters. The summed E-state index contributed by atoms with van der Waals surface area (Å²) in [5.74, 6) is -0.625. The summed E-state index contributed by atoms with van der Waals surface area (Å²) in [6.45, 7) is 5.41. The molecular formula is C16H31NO2. The fourth-order valence-corrected chi connectivity index (χ4v) is 3.13. The van der Waals surface area contributed by atoms with E-state index in [9.17, 15) is 9.90 Å². The number of rotatable bonds is 8. The summed E-state index contributed by atoms with van der Waals surface area (Å²) in [7, 11) is 0. The summed E-state index contributed by atoms with van der Waals surface area (Å²) in [6.07, 6.45) is 11.9. The summed E-state index contributed by atoms with van der Waals surface area (Å²) < 4.78 is 0. The Hall–Kier alpha value is -0.570. The molecule has 3 heteroatoms. The smallest absolute Gasteiger partial charge is 0.320 e. The first-order valence-corrected chi connectivity index (χ1v) is 8.15. The van der Waals surface area contributed by atoms with E-state index >= 15 is 0 Å². The Morgan fingerprint density at radius 2 is 1.95 bits per heavy atom. The molecule has 0 aromatic rings. The number of unbranched alkanes of at least 4 members (excludes halogenated alkanes) is 4. The lowest BCUT2D eigenvalue weighted by Gasteiger charge is -2.32. The van der Waals surface area contributed by atoms with Crippen molar-refractivity contribution in [3.8, 4) is 0 Å². The van der Waals surface area contributed by atoms with Crippen LogP contribution in [-0.2, 0) is 4.79 Å². The van der Waals surface area contributed by atoms with Crippen molar-refractivity contribution in [2.45, 2.75) is 90.1 Å². The molecule has 19 heavy (non-hydrogen) atoms. The van der Waals surface area contributed by atoms with E-state index in [1.54, 1.807) is 0 Å². The fourth-order valence-electron chi connectivity index (χ4n) is 3.13. The predicted molar refractivity (Wildman–Crippen MR) is 79.4 cm³/mol. The zero-order chi connectivity index (χ0) is 14.1. The SMILES string of the molecule is CCCCCCCC(C)N1CCCCCC1C(=O)O. The Balaban J connectivity index is 2.37. The molecular weight excluding hydrogens is 238 g/mol. The van der Waals surface area contributed by atoms with E-state index in [4.69, 9.17) is 0 Å². The van der Waals surface area contributed by atoms with Crippen molar-refractivity contribution in [1.29, 1.82) is 0 Å². The summed E-state index contributed by atoms with van der Waals surface area (Å²) in [5, 5.41) is 9.38. The van der Waals surface area contributed by atoms with Crippen LogP contribution in [0.15, 0.2) is 0 Å². The van der Waals surface area contributed by atoms with Gasteiger partial charge in [0.05, 0.1) is 0 Å². The lowest BCUT2D eigenvalue weighted by atomic mass is 10.0. The summed E-state index contributed by atoms with van der Waals surface area (Å²) in [4.78, 5) is 13.6. The predicted octanol–water partition coefficient (Wildman–Crippen LogP) is 4.06. The third-order valence-corrected chi connectivity index (χ3v) is 4.37. The van der Waals surface area contributed by atoms with Crippen LogP contribution in [-0.4, -0.2) is 34.6 Å². The highest BCUT2D eigenvalue weighted by Gasteiger charge is 2.29. The van der Waals surface area contributed by atoms with Gasteiger partial charge in [0.1, 0.15) is 6.04 Å². The Morgan fingerprint density at radius 1 is 1.21 bits per heavy atom. The minimum absolute atomic E-state index is 0.242. The molecule has 1 aliphatic heterocycles. The van der Waals surface area contributed by atoms with Crippen LogP contribution in [0.4, 0.5) is 0 Å². The number of carbonyl (C=O) groups is 1. The van der Waals surface area contributed by atoms with E-state index in [0.29, 0.717) is 6.04 Å². The van der Waals surface area contributed by atoms with Crippen molar-refractivity contribution in [1.82, 2.24) is 4.90 Å². The van der Waals surface area contributed by atoms with E-state index < -0.39 is 5.97 Å². The van der Waals surface area contributed by atoms with Crippen LogP contribution in [0.25, 0.3) is 0 Å². The van der Waals surface area contributed by atoms with Gasteiger partial charge in [-0.2, -0.15) is 0 Å². The number of aliphatic carboxylic acids is 1. The van der Waals surface area contributed by atoms with Gasteiger partial charge in [0, 0.05) is 6.04 Å². The molecule has 3 nitrogen and oxygen atoms in total. The van der Waals surface area contributed by atoms with Gasteiger partial charge >= 0.3 is 5.97 Å². The summed E-state index contributed by atoms with van der Waals surface area (Å²) >= 11 is 0. The highest BCUT2D eigenvalue weighted by Crippen LogP contribution is 2.22. The second-order valence-corrected chi connectivity index (χ2v) is 5.99. The number of hydrogen-bond acceptors (Lipinski definition) is 2. The van der Waals surface area contributed by atoms with E-state index in [1.807, 2.05) is 0 Å². The topological polar surface area (TPSA) is 40.5 Å². The van der Waals surface area contributed by atoms with Gasteiger partial charge in [-0.1, -0.05) is 51.9 Å². The van der Waals surface area contributed by atoms with Crippen molar-refractivity contribution >= 4 is 5.97 Å². The molecule has 0 spiro atoms. The van der Waals surface area contributed by atoms with Gasteiger partial charge in [-0.05, 0) is 32.7 Å². The standard InChI is InChI=1S/C16H31NO2/c1-3-4-5-6-8-11-14(2)17-13-10-7-9-12-15(17)16(18)19/h14-15H,3-13H2,1-2H3,(H,18,19). The van der Waals surface area contributed by atoms with Crippen molar-refractivity contribution in [3.05, 3.63) is 0 Å². The first-order chi connectivity index (χ1) is 9.16. The average Bonchev–Trinajstić information content (AvgIpc) is 2.63. The minimum Gasteiger partial charge on any atom is -0.480 e. The molecule has 1 fully saturated rings.